The van der Waals surface area contributed by atoms with Gasteiger partial charge in [0.2, 0.25) is 11.8 Å². The summed E-state index contributed by atoms with van der Waals surface area (Å²) in [4.78, 5) is 26.6. The molecule has 1 aliphatic carbocycles. The second kappa shape index (κ2) is 7.66. The van der Waals surface area contributed by atoms with Crippen molar-refractivity contribution in [2.45, 2.75) is 43.9 Å². The quantitative estimate of drug-likeness (QED) is 0.818. The van der Waals surface area contributed by atoms with Gasteiger partial charge in [-0.15, -0.1) is 0 Å². The summed E-state index contributed by atoms with van der Waals surface area (Å²) >= 11 is 0. The Balaban J connectivity index is 1.65. The lowest BCUT2D eigenvalue weighted by atomic mass is 10.1. The monoisotopic (exact) mass is 332 g/mol. The standard InChI is InChI=1S/C18H24N2O4/c1-23-10-9-17(21)20-12-15(24-14-5-3-2-4-6-14)11-16(20)18(22)19-13-7-8-13/h2-6,13,15-16H,7-12H2,1H3,(H,19,22)/t15-,16-/m0/s1. The molecule has 2 fully saturated rings. The van der Waals surface area contributed by atoms with Gasteiger partial charge in [-0.25, -0.2) is 0 Å². The predicted octanol–water partition coefficient (Wildman–Crippen LogP) is 1.35. The number of carbonyl (C=O) groups excluding carboxylic acids is 2. The second-order valence-corrected chi connectivity index (χ2v) is 6.38. The van der Waals surface area contributed by atoms with E-state index >= 15 is 0 Å². The zero-order valence-electron chi connectivity index (χ0n) is 13.9. The first-order valence-corrected chi connectivity index (χ1v) is 8.48. The SMILES string of the molecule is COCCC(=O)N1C[C@@H](Oc2ccccc2)C[C@H]1C(=O)NC1CC1. The Morgan fingerprint density at radius 3 is 2.67 bits per heavy atom. The molecule has 1 heterocycles. The molecule has 2 aliphatic rings. The fourth-order valence-electron chi connectivity index (χ4n) is 2.96. The lowest BCUT2D eigenvalue weighted by Gasteiger charge is -2.23. The van der Waals surface area contributed by atoms with Gasteiger partial charge in [0.15, 0.2) is 0 Å². The summed E-state index contributed by atoms with van der Waals surface area (Å²) < 4.78 is 10.9. The Hall–Kier alpha value is -2.08. The largest absolute Gasteiger partial charge is 0.488 e. The van der Waals surface area contributed by atoms with Crippen LogP contribution in [0.5, 0.6) is 5.75 Å². The van der Waals surface area contributed by atoms with Gasteiger partial charge in [0.1, 0.15) is 17.9 Å². The molecule has 1 aliphatic heterocycles. The molecule has 0 aromatic heterocycles. The van der Waals surface area contributed by atoms with Crippen molar-refractivity contribution >= 4 is 11.8 Å². The van der Waals surface area contributed by atoms with E-state index in [0.29, 0.717) is 19.6 Å². The van der Waals surface area contributed by atoms with Crippen molar-refractivity contribution < 1.29 is 19.1 Å². The molecule has 130 valence electrons. The summed E-state index contributed by atoms with van der Waals surface area (Å²) in [5.74, 6) is 0.629. The first kappa shape index (κ1) is 16.8. The van der Waals surface area contributed by atoms with Crippen LogP contribution in [0.3, 0.4) is 0 Å². The molecule has 0 unspecified atom stereocenters. The zero-order chi connectivity index (χ0) is 16.9. The zero-order valence-corrected chi connectivity index (χ0v) is 13.9. The molecule has 6 heteroatoms. The van der Waals surface area contributed by atoms with Gasteiger partial charge in [-0.1, -0.05) is 18.2 Å². The number of ether oxygens (including phenoxy) is 2. The van der Waals surface area contributed by atoms with Crippen LogP contribution in [0.25, 0.3) is 0 Å². The van der Waals surface area contributed by atoms with E-state index in [4.69, 9.17) is 9.47 Å². The summed E-state index contributed by atoms with van der Waals surface area (Å²) in [6.45, 7) is 0.788. The minimum absolute atomic E-state index is 0.0630. The molecule has 3 rings (SSSR count). The van der Waals surface area contributed by atoms with Gasteiger partial charge in [-0.2, -0.15) is 0 Å². The van der Waals surface area contributed by atoms with E-state index in [2.05, 4.69) is 5.32 Å². The Morgan fingerprint density at radius 1 is 1.25 bits per heavy atom. The molecule has 1 saturated carbocycles. The van der Waals surface area contributed by atoms with Crippen molar-refractivity contribution in [1.29, 1.82) is 0 Å². The van der Waals surface area contributed by atoms with Crippen LogP contribution in [-0.4, -0.2) is 55.2 Å². The molecular formula is C18H24N2O4. The molecule has 2 atom stereocenters. The van der Waals surface area contributed by atoms with Crippen molar-refractivity contribution in [2.24, 2.45) is 0 Å². The highest BCUT2D eigenvalue weighted by Crippen LogP contribution is 2.26. The number of methoxy groups -OCH3 is 1. The molecule has 0 spiro atoms. The molecule has 0 radical (unpaired) electrons. The number of para-hydroxylation sites is 1. The van der Waals surface area contributed by atoms with Crippen LogP contribution < -0.4 is 10.1 Å². The maximum atomic E-state index is 12.5. The van der Waals surface area contributed by atoms with E-state index in [1.807, 2.05) is 30.3 Å². The fourth-order valence-corrected chi connectivity index (χ4v) is 2.96. The average Bonchev–Trinajstić information content (AvgIpc) is 3.30. The molecule has 2 amide bonds. The third-order valence-corrected chi connectivity index (χ3v) is 4.38. The van der Waals surface area contributed by atoms with E-state index < -0.39 is 6.04 Å². The number of carbonyl (C=O) groups is 2. The molecule has 1 aromatic rings. The summed E-state index contributed by atoms with van der Waals surface area (Å²) in [6.07, 6.45) is 2.68. The van der Waals surface area contributed by atoms with E-state index in [9.17, 15) is 9.59 Å². The molecule has 24 heavy (non-hydrogen) atoms. The molecular weight excluding hydrogens is 308 g/mol. The lowest BCUT2D eigenvalue weighted by Crippen LogP contribution is -2.46. The van der Waals surface area contributed by atoms with Crippen LogP contribution in [0.4, 0.5) is 0 Å². The van der Waals surface area contributed by atoms with E-state index in [-0.39, 0.29) is 30.4 Å². The third kappa shape index (κ3) is 4.26. The first-order chi connectivity index (χ1) is 11.7. The summed E-state index contributed by atoms with van der Waals surface area (Å²) in [7, 11) is 1.57. The van der Waals surface area contributed by atoms with Crippen LogP contribution in [0, 0.1) is 0 Å². The smallest absolute Gasteiger partial charge is 0.243 e. The topological polar surface area (TPSA) is 67.9 Å². The lowest BCUT2D eigenvalue weighted by molar-refractivity contribution is -0.139. The molecule has 0 bridgehead atoms. The van der Waals surface area contributed by atoms with Crippen LogP contribution in [0.2, 0.25) is 0 Å². The van der Waals surface area contributed by atoms with Gasteiger partial charge >= 0.3 is 0 Å². The van der Waals surface area contributed by atoms with Crippen molar-refractivity contribution in [3.63, 3.8) is 0 Å². The summed E-state index contributed by atoms with van der Waals surface area (Å²) in [5.41, 5.74) is 0. The predicted molar refractivity (Wildman–Crippen MR) is 88.6 cm³/mol. The van der Waals surface area contributed by atoms with Crippen LogP contribution in [0.15, 0.2) is 30.3 Å². The van der Waals surface area contributed by atoms with Crippen LogP contribution in [0.1, 0.15) is 25.7 Å². The molecule has 1 N–H and O–H groups in total. The Morgan fingerprint density at radius 2 is 2.00 bits per heavy atom. The number of hydrogen-bond donors (Lipinski definition) is 1. The van der Waals surface area contributed by atoms with Crippen molar-refractivity contribution in [1.82, 2.24) is 10.2 Å². The minimum atomic E-state index is -0.455. The minimum Gasteiger partial charge on any atom is -0.488 e. The fraction of sp³-hybridized carbons (Fsp3) is 0.556. The Bertz CT molecular complexity index is 574. The maximum absolute atomic E-state index is 12.5. The number of nitrogens with zero attached hydrogens (tertiary/aromatic N) is 1. The number of benzene rings is 1. The number of amides is 2. The molecule has 1 aromatic carbocycles. The molecule has 6 nitrogen and oxygen atoms in total. The van der Waals surface area contributed by atoms with Gasteiger partial charge < -0.3 is 19.7 Å². The molecule has 1 saturated heterocycles. The van der Waals surface area contributed by atoms with Gasteiger partial charge in [0.05, 0.1) is 19.6 Å². The van der Waals surface area contributed by atoms with Crippen LogP contribution >= 0.6 is 0 Å². The highest BCUT2D eigenvalue weighted by Gasteiger charge is 2.41. The highest BCUT2D eigenvalue weighted by atomic mass is 16.5. The average molecular weight is 332 g/mol. The highest BCUT2D eigenvalue weighted by molar-refractivity contribution is 5.88. The van der Waals surface area contributed by atoms with E-state index in [1.165, 1.54) is 0 Å². The number of likely N-dealkylation sites (tertiary alicyclic amines) is 1. The normalized spacial score (nSPS) is 23.1. The Labute approximate surface area is 142 Å². The summed E-state index contributed by atoms with van der Waals surface area (Å²) in [5, 5.41) is 3.00. The van der Waals surface area contributed by atoms with Gasteiger partial charge in [-0.3, -0.25) is 9.59 Å². The Kier molecular flexibility index (Phi) is 5.35. The number of rotatable bonds is 7. The van der Waals surface area contributed by atoms with Crippen molar-refractivity contribution in [2.75, 3.05) is 20.3 Å². The van der Waals surface area contributed by atoms with Gasteiger partial charge in [0, 0.05) is 19.6 Å². The van der Waals surface area contributed by atoms with Gasteiger partial charge in [-0.05, 0) is 25.0 Å². The van der Waals surface area contributed by atoms with Crippen LogP contribution in [-0.2, 0) is 14.3 Å². The maximum Gasteiger partial charge on any atom is 0.243 e. The third-order valence-electron chi connectivity index (χ3n) is 4.38. The summed E-state index contributed by atoms with van der Waals surface area (Å²) in [6, 6.07) is 9.33. The number of hydrogen-bond acceptors (Lipinski definition) is 4. The second-order valence-electron chi connectivity index (χ2n) is 6.38. The van der Waals surface area contributed by atoms with E-state index in [1.54, 1.807) is 12.0 Å². The van der Waals surface area contributed by atoms with Crippen molar-refractivity contribution in [3.8, 4) is 5.75 Å². The van der Waals surface area contributed by atoms with Crippen molar-refractivity contribution in [3.05, 3.63) is 30.3 Å². The number of nitrogens with one attached hydrogen (secondary N) is 1. The first-order valence-electron chi connectivity index (χ1n) is 8.48. The van der Waals surface area contributed by atoms with E-state index in [0.717, 1.165) is 18.6 Å². The van der Waals surface area contributed by atoms with Gasteiger partial charge in [0.25, 0.3) is 0 Å².